The van der Waals surface area contributed by atoms with Crippen molar-refractivity contribution in [3.8, 4) is 5.75 Å². The lowest BCUT2D eigenvalue weighted by molar-refractivity contribution is -0.122. The van der Waals surface area contributed by atoms with Gasteiger partial charge in [0.05, 0.1) is 17.7 Å². The van der Waals surface area contributed by atoms with E-state index in [4.69, 9.17) is 4.74 Å². The highest BCUT2D eigenvalue weighted by molar-refractivity contribution is 9.10. The molecule has 25 heavy (non-hydrogen) atoms. The van der Waals surface area contributed by atoms with Crippen molar-refractivity contribution in [3.63, 3.8) is 0 Å². The predicted molar refractivity (Wildman–Crippen MR) is 107 cm³/mol. The Balaban J connectivity index is 1.92. The van der Waals surface area contributed by atoms with E-state index in [1.807, 2.05) is 61.5 Å². The van der Waals surface area contributed by atoms with Crippen LogP contribution in [-0.4, -0.2) is 29.6 Å². The zero-order chi connectivity index (χ0) is 17.8. The van der Waals surface area contributed by atoms with Crippen molar-refractivity contribution in [2.24, 2.45) is 4.99 Å². The molecule has 1 heterocycles. The molecule has 0 aromatic heterocycles. The third kappa shape index (κ3) is 3.96. The Labute approximate surface area is 159 Å². The Hall–Kier alpha value is -2.05. The first-order valence-electron chi connectivity index (χ1n) is 7.81. The van der Waals surface area contributed by atoms with Crippen LogP contribution >= 0.6 is 27.7 Å². The van der Waals surface area contributed by atoms with E-state index < -0.39 is 0 Å². The molecule has 4 nitrogen and oxygen atoms in total. The van der Waals surface area contributed by atoms with Crippen molar-refractivity contribution in [3.05, 3.63) is 63.5 Å². The van der Waals surface area contributed by atoms with Crippen molar-refractivity contribution in [1.29, 1.82) is 0 Å². The Morgan fingerprint density at radius 2 is 1.92 bits per heavy atom. The molecule has 6 heteroatoms. The van der Waals surface area contributed by atoms with Gasteiger partial charge in [-0.05, 0) is 60.7 Å². The molecular formula is C19H17BrN2O2S. The first kappa shape index (κ1) is 17.8. The highest BCUT2D eigenvalue weighted by atomic mass is 79.9. The number of nitrogens with zero attached hydrogens (tertiary/aromatic N) is 2. The molecule has 1 aliphatic rings. The summed E-state index contributed by atoms with van der Waals surface area (Å²) in [7, 11) is 1.63. The van der Waals surface area contributed by atoms with Crippen LogP contribution in [-0.2, 0) is 4.79 Å². The molecule has 0 bridgehead atoms. The molecule has 0 unspecified atom stereocenters. The quantitative estimate of drug-likeness (QED) is 0.652. The molecule has 0 atom stereocenters. The minimum Gasteiger partial charge on any atom is -0.497 e. The molecule has 3 rings (SSSR count). The van der Waals surface area contributed by atoms with Crippen LogP contribution in [0.25, 0.3) is 6.08 Å². The second kappa shape index (κ2) is 7.89. The van der Waals surface area contributed by atoms with E-state index in [2.05, 4.69) is 20.9 Å². The number of methoxy groups -OCH3 is 1. The lowest BCUT2D eigenvalue weighted by Crippen LogP contribution is -2.28. The third-order valence-electron chi connectivity index (χ3n) is 3.69. The molecule has 2 aromatic rings. The molecule has 0 N–H and O–H groups in total. The maximum Gasteiger partial charge on any atom is 0.266 e. The molecule has 1 aliphatic heterocycles. The summed E-state index contributed by atoms with van der Waals surface area (Å²) < 4.78 is 6.12. The van der Waals surface area contributed by atoms with Gasteiger partial charge in [0.1, 0.15) is 5.75 Å². The lowest BCUT2D eigenvalue weighted by Gasteiger charge is -2.12. The van der Waals surface area contributed by atoms with E-state index in [0.29, 0.717) is 16.6 Å². The zero-order valence-corrected chi connectivity index (χ0v) is 16.3. The Morgan fingerprint density at radius 1 is 1.20 bits per heavy atom. The van der Waals surface area contributed by atoms with Crippen LogP contribution in [0.15, 0.2) is 62.9 Å². The van der Waals surface area contributed by atoms with Gasteiger partial charge < -0.3 is 4.74 Å². The number of carbonyl (C=O) groups excluding carboxylic acids is 1. The fourth-order valence-electron chi connectivity index (χ4n) is 2.37. The van der Waals surface area contributed by atoms with Gasteiger partial charge in [0, 0.05) is 11.0 Å². The Kier molecular flexibility index (Phi) is 5.60. The van der Waals surface area contributed by atoms with E-state index in [-0.39, 0.29) is 5.91 Å². The molecule has 128 valence electrons. The third-order valence-corrected chi connectivity index (χ3v) is 5.42. The predicted octanol–water partition coefficient (Wildman–Crippen LogP) is 5.08. The van der Waals surface area contributed by atoms with Crippen molar-refractivity contribution in [2.45, 2.75) is 6.92 Å². The summed E-state index contributed by atoms with van der Waals surface area (Å²) in [5.74, 6) is 0.761. The summed E-state index contributed by atoms with van der Waals surface area (Å²) >= 11 is 4.91. The van der Waals surface area contributed by atoms with E-state index >= 15 is 0 Å². The van der Waals surface area contributed by atoms with Gasteiger partial charge in [-0.25, -0.2) is 4.99 Å². The normalized spacial score (nSPS) is 17.6. The molecule has 2 aromatic carbocycles. The fraction of sp³-hybridized carbons (Fsp3) is 0.158. The fourth-order valence-corrected chi connectivity index (χ4v) is 3.82. The van der Waals surface area contributed by atoms with E-state index in [9.17, 15) is 4.79 Å². The van der Waals surface area contributed by atoms with Gasteiger partial charge in [-0.3, -0.25) is 9.69 Å². The number of aliphatic imine (C=N–C) groups is 1. The molecule has 0 radical (unpaired) electrons. The van der Waals surface area contributed by atoms with Gasteiger partial charge in [0.25, 0.3) is 5.91 Å². The van der Waals surface area contributed by atoms with Crippen molar-refractivity contribution < 1.29 is 9.53 Å². The number of ether oxygens (including phenoxy) is 1. The van der Waals surface area contributed by atoms with E-state index in [0.717, 1.165) is 21.5 Å². The number of rotatable bonds is 4. The SMILES string of the molecule is CCN1C(=O)/C(=C\c2ccccc2Br)SC1=Nc1ccc(OC)cc1. The van der Waals surface area contributed by atoms with Crippen LogP contribution in [0.5, 0.6) is 5.75 Å². The number of benzene rings is 2. The summed E-state index contributed by atoms with van der Waals surface area (Å²) in [6.07, 6.45) is 1.90. The lowest BCUT2D eigenvalue weighted by atomic mass is 10.2. The van der Waals surface area contributed by atoms with Gasteiger partial charge in [0.15, 0.2) is 5.17 Å². The number of amidine groups is 1. The molecule has 0 saturated carbocycles. The first-order chi connectivity index (χ1) is 12.1. The van der Waals surface area contributed by atoms with E-state index in [1.54, 1.807) is 12.0 Å². The molecule has 1 fully saturated rings. The van der Waals surface area contributed by atoms with Gasteiger partial charge in [-0.15, -0.1) is 0 Å². The Bertz CT molecular complexity index is 847. The van der Waals surface area contributed by atoms with Crippen LogP contribution in [0.2, 0.25) is 0 Å². The number of likely N-dealkylation sites (N-methyl/N-ethyl adjacent to an activating group) is 1. The standard InChI is InChI=1S/C19H17BrN2O2S/c1-3-22-18(23)17(12-13-6-4-5-7-16(13)20)25-19(22)21-14-8-10-15(24-2)11-9-14/h4-12H,3H2,1-2H3/b17-12+,21-19?. The van der Waals surface area contributed by atoms with Crippen molar-refractivity contribution in [2.75, 3.05) is 13.7 Å². The maximum absolute atomic E-state index is 12.7. The van der Waals surface area contributed by atoms with Crippen LogP contribution in [0.4, 0.5) is 5.69 Å². The monoisotopic (exact) mass is 416 g/mol. The summed E-state index contributed by atoms with van der Waals surface area (Å²) in [5.41, 5.74) is 1.76. The van der Waals surface area contributed by atoms with Gasteiger partial charge in [-0.1, -0.05) is 34.1 Å². The average molecular weight is 417 g/mol. The number of thioether (sulfide) groups is 1. The number of halogens is 1. The minimum absolute atomic E-state index is 0.0180. The van der Waals surface area contributed by atoms with Crippen molar-refractivity contribution >= 4 is 50.5 Å². The van der Waals surface area contributed by atoms with Gasteiger partial charge >= 0.3 is 0 Å². The highest BCUT2D eigenvalue weighted by Gasteiger charge is 2.32. The Morgan fingerprint density at radius 3 is 2.56 bits per heavy atom. The van der Waals surface area contributed by atoms with Gasteiger partial charge in [0.2, 0.25) is 0 Å². The molecule has 1 amide bonds. The second-order valence-electron chi connectivity index (χ2n) is 5.27. The molecule has 0 aliphatic carbocycles. The first-order valence-corrected chi connectivity index (χ1v) is 9.42. The average Bonchev–Trinajstić information content (AvgIpc) is 2.92. The molecule has 1 saturated heterocycles. The zero-order valence-electron chi connectivity index (χ0n) is 13.9. The topological polar surface area (TPSA) is 41.9 Å². The van der Waals surface area contributed by atoms with Crippen LogP contribution in [0.1, 0.15) is 12.5 Å². The summed E-state index contributed by atoms with van der Waals surface area (Å²) in [6, 6.07) is 15.3. The maximum atomic E-state index is 12.7. The van der Waals surface area contributed by atoms with Gasteiger partial charge in [-0.2, -0.15) is 0 Å². The molecule has 0 spiro atoms. The van der Waals surface area contributed by atoms with Crippen molar-refractivity contribution in [1.82, 2.24) is 4.90 Å². The second-order valence-corrected chi connectivity index (χ2v) is 7.14. The number of carbonyl (C=O) groups is 1. The molecular weight excluding hydrogens is 400 g/mol. The number of hydrogen-bond acceptors (Lipinski definition) is 4. The van der Waals surface area contributed by atoms with Crippen LogP contribution in [0, 0.1) is 0 Å². The largest absolute Gasteiger partial charge is 0.497 e. The van der Waals surface area contributed by atoms with Crippen LogP contribution < -0.4 is 4.74 Å². The summed E-state index contributed by atoms with van der Waals surface area (Å²) in [4.78, 5) is 19.7. The minimum atomic E-state index is -0.0180. The highest BCUT2D eigenvalue weighted by Crippen LogP contribution is 2.35. The van der Waals surface area contributed by atoms with E-state index in [1.165, 1.54) is 11.8 Å². The number of amides is 1. The van der Waals surface area contributed by atoms with Crippen LogP contribution in [0.3, 0.4) is 0 Å². The summed E-state index contributed by atoms with van der Waals surface area (Å²) in [6.45, 7) is 2.53. The number of hydrogen-bond donors (Lipinski definition) is 0. The summed E-state index contributed by atoms with van der Waals surface area (Å²) in [5, 5.41) is 0.691. The smallest absolute Gasteiger partial charge is 0.266 e.